The van der Waals surface area contributed by atoms with Gasteiger partial charge in [-0.05, 0) is 12.1 Å². The lowest BCUT2D eigenvalue weighted by Crippen LogP contribution is -1.97. The molecule has 0 amide bonds. The fraction of sp³-hybridized carbons (Fsp3) is 0. The number of para-hydroxylation sites is 1. The highest BCUT2D eigenvalue weighted by Crippen LogP contribution is 2.30. The summed E-state index contributed by atoms with van der Waals surface area (Å²) in [5.74, 6) is 0.137. The molecule has 0 unspecified atom stereocenters. The first kappa shape index (κ1) is 14.1. The van der Waals surface area contributed by atoms with E-state index < -0.39 is 0 Å². The average molecular weight is 341 g/mol. The molecule has 1 aromatic carbocycles. The minimum Gasteiger partial charge on any atom is -0.368 e. The van der Waals surface area contributed by atoms with E-state index in [1.807, 2.05) is 0 Å². The number of nitrogen functional groups attached to an aromatic ring is 1. The topological polar surface area (TPSA) is 69.6 Å². The maximum Gasteiger partial charge on any atom is 0.220 e. The Bertz CT molecular complexity index is 795. The number of aromatic nitrogens is 4. The van der Waals surface area contributed by atoms with Crippen molar-refractivity contribution in [3.05, 3.63) is 51.9 Å². The average Bonchev–Trinajstić information content (AvgIpc) is 2.90. The smallest absolute Gasteiger partial charge is 0.220 e. The lowest BCUT2D eigenvalue weighted by Gasteiger charge is -2.06. The third-order valence-electron chi connectivity index (χ3n) is 2.79. The second-order valence-corrected chi connectivity index (χ2v) is 5.39. The van der Waals surface area contributed by atoms with Gasteiger partial charge in [0.1, 0.15) is 5.69 Å². The number of rotatable bonds is 2. The molecular formula is C13H8Cl3N5. The fourth-order valence-corrected chi connectivity index (χ4v) is 2.63. The highest BCUT2D eigenvalue weighted by molar-refractivity contribution is 6.37. The molecule has 0 bridgehead atoms. The number of nitrogens with zero attached hydrogens (tertiary/aromatic N) is 4. The Morgan fingerprint density at radius 2 is 1.71 bits per heavy atom. The Labute approximate surface area is 135 Å². The molecule has 21 heavy (non-hydrogen) atoms. The van der Waals surface area contributed by atoms with E-state index in [-0.39, 0.29) is 5.95 Å². The van der Waals surface area contributed by atoms with Gasteiger partial charge in [0.2, 0.25) is 5.95 Å². The van der Waals surface area contributed by atoms with Gasteiger partial charge in [-0.1, -0.05) is 40.9 Å². The van der Waals surface area contributed by atoms with Crippen LogP contribution >= 0.6 is 34.8 Å². The van der Waals surface area contributed by atoms with E-state index in [2.05, 4.69) is 15.1 Å². The highest BCUT2D eigenvalue weighted by atomic mass is 35.5. The molecule has 0 radical (unpaired) electrons. The molecule has 3 aromatic rings. The van der Waals surface area contributed by atoms with Gasteiger partial charge in [-0.2, -0.15) is 5.10 Å². The molecule has 0 fully saturated rings. The van der Waals surface area contributed by atoms with Crippen molar-refractivity contribution in [2.24, 2.45) is 0 Å². The van der Waals surface area contributed by atoms with E-state index in [0.29, 0.717) is 32.0 Å². The van der Waals surface area contributed by atoms with Crippen LogP contribution in [-0.2, 0) is 0 Å². The van der Waals surface area contributed by atoms with Gasteiger partial charge < -0.3 is 5.73 Å². The molecule has 0 atom stereocenters. The number of halogens is 3. The number of hydrogen-bond donors (Lipinski definition) is 1. The zero-order valence-corrected chi connectivity index (χ0v) is 12.7. The standard InChI is InChI=1S/C13H8Cl3N5/c14-8-2-1-3-9(15)12(8)21-6-7(4-19-21)11-10(16)5-18-13(17)20-11/h1-6H,(H2,17,18,20). The van der Waals surface area contributed by atoms with Crippen LogP contribution in [0.5, 0.6) is 0 Å². The molecule has 0 aliphatic heterocycles. The van der Waals surface area contributed by atoms with E-state index in [9.17, 15) is 0 Å². The van der Waals surface area contributed by atoms with Crippen LogP contribution in [-0.4, -0.2) is 19.7 Å². The summed E-state index contributed by atoms with van der Waals surface area (Å²) in [5.41, 5.74) is 7.35. The monoisotopic (exact) mass is 339 g/mol. The fourth-order valence-electron chi connectivity index (χ4n) is 1.86. The van der Waals surface area contributed by atoms with Crippen LogP contribution in [0, 0.1) is 0 Å². The first-order valence-corrected chi connectivity index (χ1v) is 6.97. The molecule has 0 saturated heterocycles. The van der Waals surface area contributed by atoms with Crippen molar-refractivity contribution in [2.75, 3.05) is 5.73 Å². The van der Waals surface area contributed by atoms with Crippen molar-refractivity contribution in [1.82, 2.24) is 19.7 Å². The first-order chi connectivity index (χ1) is 10.1. The Hall–Kier alpha value is -1.82. The number of hydrogen-bond acceptors (Lipinski definition) is 4. The minimum absolute atomic E-state index is 0.137. The molecule has 3 rings (SSSR count). The summed E-state index contributed by atoms with van der Waals surface area (Å²) in [4.78, 5) is 7.93. The van der Waals surface area contributed by atoms with Crippen molar-refractivity contribution >= 4 is 40.8 Å². The van der Waals surface area contributed by atoms with E-state index in [0.717, 1.165) is 0 Å². The lowest BCUT2D eigenvalue weighted by atomic mass is 10.2. The van der Waals surface area contributed by atoms with E-state index in [1.165, 1.54) is 6.20 Å². The Morgan fingerprint density at radius 3 is 2.43 bits per heavy atom. The molecule has 2 heterocycles. The van der Waals surface area contributed by atoms with E-state index in [1.54, 1.807) is 35.3 Å². The second-order valence-electron chi connectivity index (χ2n) is 4.17. The molecule has 0 spiro atoms. The van der Waals surface area contributed by atoms with Crippen molar-refractivity contribution < 1.29 is 0 Å². The Kier molecular flexibility index (Phi) is 3.71. The van der Waals surface area contributed by atoms with E-state index in [4.69, 9.17) is 40.5 Å². The molecule has 0 saturated carbocycles. The van der Waals surface area contributed by atoms with E-state index >= 15 is 0 Å². The van der Waals surface area contributed by atoms with Gasteiger partial charge in [-0.3, -0.25) is 0 Å². The van der Waals surface area contributed by atoms with Crippen LogP contribution in [0.3, 0.4) is 0 Å². The predicted octanol–water partition coefficient (Wildman–Crippen LogP) is 3.87. The predicted molar refractivity (Wildman–Crippen MR) is 84.0 cm³/mol. The van der Waals surface area contributed by atoms with Gasteiger partial charge in [-0.15, -0.1) is 0 Å². The summed E-state index contributed by atoms with van der Waals surface area (Å²) in [6.07, 6.45) is 4.77. The third kappa shape index (κ3) is 2.68. The van der Waals surface area contributed by atoms with Gasteiger partial charge >= 0.3 is 0 Å². The molecule has 2 N–H and O–H groups in total. The summed E-state index contributed by atoms with van der Waals surface area (Å²) in [6.45, 7) is 0. The Morgan fingerprint density at radius 1 is 1.00 bits per heavy atom. The van der Waals surface area contributed by atoms with Crippen LogP contribution in [0.4, 0.5) is 5.95 Å². The zero-order chi connectivity index (χ0) is 15.0. The molecule has 8 heteroatoms. The third-order valence-corrected chi connectivity index (χ3v) is 3.67. The van der Waals surface area contributed by atoms with Crippen molar-refractivity contribution in [1.29, 1.82) is 0 Å². The van der Waals surface area contributed by atoms with Crippen LogP contribution in [0.1, 0.15) is 0 Å². The van der Waals surface area contributed by atoms with Crippen LogP contribution in [0.25, 0.3) is 16.9 Å². The molecule has 2 aromatic heterocycles. The zero-order valence-electron chi connectivity index (χ0n) is 10.5. The molecule has 0 aliphatic carbocycles. The summed E-state index contributed by atoms with van der Waals surface area (Å²) < 4.78 is 1.56. The lowest BCUT2D eigenvalue weighted by molar-refractivity contribution is 0.881. The van der Waals surface area contributed by atoms with Crippen LogP contribution in [0.2, 0.25) is 15.1 Å². The summed E-state index contributed by atoms with van der Waals surface area (Å²) in [6, 6.07) is 5.24. The normalized spacial score (nSPS) is 10.8. The second kappa shape index (κ2) is 5.52. The highest BCUT2D eigenvalue weighted by Gasteiger charge is 2.13. The summed E-state index contributed by atoms with van der Waals surface area (Å²) in [7, 11) is 0. The maximum atomic E-state index is 6.16. The largest absolute Gasteiger partial charge is 0.368 e. The van der Waals surface area contributed by atoms with Gasteiger partial charge in [0, 0.05) is 11.8 Å². The number of anilines is 1. The maximum absolute atomic E-state index is 6.16. The number of nitrogens with two attached hydrogens (primary N) is 1. The summed E-state index contributed by atoms with van der Waals surface area (Å²) in [5, 5.41) is 5.61. The van der Waals surface area contributed by atoms with Crippen LogP contribution in [0.15, 0.2) is 36.8 Å². The Balaban J connectivity index is 2.10. The summed E-state index contributed by atoms with van der Waals surface area (Å²) >= 11 is 18.4. The quantitative estimate of drug-likeness (QED) is 0.769. The van der Waals surface area contributed by atoms with Gasteiger partial charge in [-0.25, -0.2) is 14.6 Å². The van der Waals surface area contributed by atoms with Crippen molar-refractivity contribution in [2.45, 2.75) is 0 Å². The molecular weight excluding hydrogens is 333 g/mol. The SMILES string of the molecule is Nc1ncc(Cl)c(-c2cnn(-c3c(Cl)cccc3Cl)c2)n1. The molecule has 0 aliphatic rings. The molecule has 106 valence electrons. The minimum atomic E-state index is 0.137. The first-order valence-electron chi connectivity index (χ1n) is 5.83. The van der Waals surface area contributed by atoms with Crippen molar-refractivity contribution in [3.8, 4) is 16.9 Å². The van der Waals surface area contributed by atoms with Crippen molar-refractivity contribution in [3.63, 3.8) is 0 Å². The van der Waals surface area contributed by atoms with Gasteiger partial charge in [0.25, 0.3) is 0 Å². The number of benzene rings is 1. The van der Waals surface area contributed by atoms with Gasteiger partial charge in [0.05, 0.1) is 33.2 Å². The van der Waals surface area contributed by atoms with Crippen LogP contribution < -0.4 is 5.73 Å². The van der Waals surface area contributed by atoms with Gasteiger partial charge in [0.15, 0.2) is 0 Å². The molecule has 5 nitrogen and oxygen atoms in total.